The molecule has 0 N–H and O–H groups in total. The minimum absolute atomic E-state index is 0.0159. The normalized spacial score (nSPS) is 25.0. The molecule has 1 aliphatic heterocycles. The first kappa shape index (κ1) is 17.5. The van der Waals surface area contributed by atoms with E-state index in [1.54, 1.807) is 16.4 Å². The highest BCUT2D eigenvalue weighted by atomic mass is 32.2. The van der Waals surface area contributed by atoms with Gasteiger partial charge in [-0.2, -0.15) is 4.31 Å². The summed E-state index contributed by atoms with van der Waals surface area (Å²) in [7, 11) is -3.43. The van der Waals surface area contributed by atoms with E-state index in [0.717, 1.165) is 12.0 Å². The number of hydrogen-bond donors (Lipinski definition) is 0. The van der Waals surface area contributed by atoms with Crippen LogP contribution in [0.5, 0.6) is 0 Å². The molecule has 4 heteroatoms. The fourth-order valence-electron chi connectivity index (χ4n) is 4.55. The van der Waals surface area contributed by atoms with Crippen LogP contribution in [0.1, 0.15) is 31.4 Å². The number of rotatable bonds is 4. The highest BCUT2D eigenvalue weighted by Gasteiger charge is 2.64. The van der Waals surface area contributed by atoms with E-state index in [0.29, 0.717) is 23.9 Å². The van der Waals surface area contributed by atoms with Crippen molar-refractivity contribution in [2.45, 2.75) is 32.1 Å². The van der Waals surface area contributed by atoms with Crippen LogP contribution in [-0.4, -0.2) is 25.8 Å². The summed E-state index contributed by atoms with van der Waals surface area (Å²) in [6.45, 7) is 7.47. The van der Waals surface area contributed by atoms with Gasteiger partial charge in [0.25, 0.3) is 0 Å². The highest BCUT2D eigenvalue weighted by molar-refractivity contribution is 7.89. The van der Waals surface area contributed by atoms with Gasteiger partial charge in [-0.3, -0.25) is 0 Å². The molecule has 0 spiro atoms. The Kier molecular flexibility index (Phi) is 4.08. The van der Waals surface area contributed by atoms with Crippen LogP contribution in [-0.2, 0) is 10.0 Å². The lowest BCUT2D eigenvalue weighted by molar-refractivity contribution is 0.429. The molecule has 1 saturated carbocycles. The average Bonchev–Trinajstić information content (AvgIpc) is 3.16. The Labute approximate surface area is 156 Å². The number of allylic oxidation sites excluding steroid dienone is 1. The van der Waals surface area contributed by atoms with Gasteiger partial charge in [-0.15, -0.1) is 0 Å². The van der Waals surface area contributed by atoms with E-state index in [1.165, 1.54) is 16.7 Å². The van der Waals surface area contributed by atoms with Gasteiger partial charge in [0.1, 0.15) is 0 Å². The average molecular weight is 368 g/mol. The molecular weight excluding hydrogens is 342 g/mol. The number of benzene rings is 2. The zero-order chi connectivity index (χ0) is 18.5. The summed E-state index contributed by atoms with van der Waals surface area (Å²) in [5, 5.41) is 0. The van der Waals surface area contributed by atoms with Crippen molar-refractivity contribution in [2.75, 3.05) is 13.1 Å². The summed E-state index contributed by atoms with van der Waals surface area (Å²) in [6, 6.07) is 17.6. The molecule has 1 heterocycles. The molecule has 1 saturated heterocycles. The van der Waals surface area contributed by atoms with Crippen molar-refractivity contribution < 1.29 is 8.42 Å². The summed E-state index contributed by atoms with van der Waals surface area (Å²) in [4.78, 5) is 0.401. The van der Waals surface area contributed by atoms with Gasteiger partial charge in [0, 0.05) is 18.5 Å². The second kappa shape index (κ2) is 6.07. The Morgan fingerprint density at radius 1 is 1.04 bits per heavy atom. The molecule has 4 rings (SSSR count). The van der Waals surface area contributed by atoms with Gasteiger partial charge < -0.3 is 0 Å². The van der Waals surface area contributed by atoms with Gasteiger partial charge in [0.15, 0.2) is 0 Å². The number of nitrogens with zero attached hydrogens (tertiary/aromatic N) is 1. The van der Waals surface area contributed by atoms with Gasteiger partial charge in [0.05, 0.1) is 4.90 Å². The summed E-state index contributed by atoms with van der Waals surface area (Å²) in [5.41, 5.74) is 4.90. The number of piperidine rings is 1. The molecular formula is C22H25NO2S. The Hall–Kier alpha value is -1.91. The van der Waals surface area contributed by atoms with Crippen molar-refractivity contribution in [1.82, 2.24) is 4.31 Å². The smallest absolute Gasteiger partial charge is 0.207 e. The molecule has 2 atom stereocenters. The van der Waals surface area contributed by atoms with E-state index in [2.05, 4.69) is 38.1 Å². The van der Waals surface area contributed by atoms with E-state index >= 15 is 0 Å². The summed E-state index contributed by atoms with van der Waals surface area (Å²) in [6.07, 6.45) is 1.09. The SMILES string of the molecule is CC(C)=C(c1ccccc1)C12CC1CN(S(=O)(=O)c1ccc(C)cc1)C2. The maximum Gasteiger partial charge on any atom is 0.243 e. The third kappa shape index (κ3) is 2.72. The van der Waals surface area contributed by atoms with Crippen molar-refractivity contribution >= 4 is 15.6 Å². The largest absolute Gasteiger partial charge is 0.243 e. The molecule has 2 aromatic rings. The molecule has 1 aliphatic carbocycles. The molecule has 136 valence electrons. The van der Waals surface area contributed by atoms with Gasteiger partial charge in [0.2, 0.25) is 10.0 Å². The molecule has 26 heavy (non-hydrogen) atoms. The lowest BCUT2D eigenvalue weighted by atomic mass is 9.86. The first-order chi connectivity index (χ1) is 12.3. The van der Waals surface area contributed by atoms with Crippen LogP contribution >= 0.6 is 0 Å². The zero-order valence-electron chi connectivity index (χ0n) is 15.6. The minimum Gasteiger partial charge on any atom is -0.207 e. The molecule has 0 bridgehead atoms. The van der Waals surface area contributed by atoms with Gasteiger partial charge in [-0.25, -0.2) is 8.42 Å². The van der Waals surface area contributed by atoms with Crippen LogP contribution in [0, 0.1) is 18.3 Å². The lowest BCUT2D eigenvalue weighted by Crippen LogP contribution is -2.32. The molecule has 2 aliphatic rings. The van der Waals surface area contributed by atoms with E-state index in [9.17, 15) is 8.42 Å². The minimum atomic E-state index is -3.43. The molecule has 2 fully saturated rings. The summed E-state index contributed by atoms with van der Waals surface area (Å²) >= 11 is 0. The van der Waals surface area contributed by atoms with Crippen LogP contribution in [0.3, 0.4) is 0 Å². The first-order valence-electron chi connectivity index (χ1n) is 9.15. The van der Waals surface area contributed by atoms with Crippen molar-refractivity contribution in [3.05, 3.63) is 71.3 Å². The fourth-order valence-corrected chi connectivity index (χ4v) is 6.10. The van der Waals surface area contributed by atoms with Gasteiger partial charge in [-0.05, 0) is 56.4 Å². The van der Waals surface area contributed by atoms with E-state index in [-0.39, 0.29) is 5.41 Å². The van der Waals surface area contributed by atoms with Gasteiger partial charge in [-0.1, -0.05) is 53.6 Å². The Balaban J connectivity index is 1.66. The van der Waals surface area contributed by atoms with Crippen LogP contribution in [0.4, 0.5) is 0 Å². The third-order valence-electron chi connectivity index (χ3n) is 5.83. The van der Waals surface area contributed by atoms with Crippen molar-refractivity contribution in [3.8, 4) is 0 Å². The molecule has 2 unspecified atom stereocenters. The Morgan fingerprint density at radius 2 is 1.69 bits per heavy atom. The monoisotopic (exact) mass is 367 g/mol. The molecule has 2 aromatic carbocycles. The quantitative estimate of drug-likeness (QED) is 0.798. The van der Waals surface area contributed by atoms with Crippen LogP contribution in [0.15, 0.2) is 65.1 Å². The predicted octanol–water partition coefficient (Wildman–Crippen LogP) is 4.50. The second-order valence-corrected chi connectivity index (χ2v) is 9.85. The fraction of sp³-hybridized carbons (Fsp3) is 0.364. The van der Waals surface area contributed by atoms with Crippen molar-refractivity contribution in [3.63, 3.8) is 0 Å². The Morgan fingerprint density at radius 3 is 2.31 bits per heavy atom. The molecule has 3 nitrogen and oxygen atoms in total. The highest BCUT2D eigenvalue weighted by Crippen LogP contribution is 2.66. The van der Waals surface area contributed by atoms with Crippen LogP contribution in [0.2, 0.25) is 0 Å². The number of aryl methyl sites for hydroxylation is 1. The number of sulfonamides is 1. The first-order valence-corrected chi connectivity index (χ1v) is 10.6. The summed E-state index contributed by atoms with van der Waals surface area (Å²) < 4.78 is 27.9. The molecule has 0 aromatic heterocycles. The van der Waals surface area contributed by atoms with Crippen molar-refractivity contribution in [1.29, 1.82) is 0 Å². The lowest BCUT2D eigenvalue weighted by Gasteiger charge is -2.24. The Bertz CT molecular complexity index is 957. The summed E-state index contributed by atoms with van der Waals surface area (Å²) in [5.74, 6) is 0.424. The number of hydrogen-bond acceptors (Lipinski definition) is 2. The second-order valence-electron chi connectivity index (χ2n) is 7.91. The maximum atomic E-state index is 13.1. The van der Waals surface area contributed by atoms with E-state index in [1.807, 2.05) is 25.1 Å². The zero-order valence-corrected chi connectivity index (χ0v) is 16.4. The standard InChI is InChI=1S/C22H25NO2S/c1-16(2)21(18-7-5-4-6-8-18)22-13-19(22)14-23(15-22)26(24,25)20-11-9-17(3)10-12-20/h4-12,19H,13-15H2,1-3H3. The maximum absolute atomic E-state index is 13.1. The molecule has 0 amide bonds. The van der Waals surface area contributed by atoms with Crippen molar-refractivity contribution in [2.24, 2.45) is 11.3 Å². The molecule has 0 radical (unpaired) electrons. The van der Waals surface area contributed by atoms with E-state index < -0.39 is 10.0 Å². The third-order valence-corrected chi connectivity index (χ3v) is 7.66. The van der Waals surface area contributed by atoms with Gasteiger partial charge >= 0.3 is 0 Å². The number of fused-ring (bicyclic) bond motifs is 1. The van der Waals surface area contributed by atoms with E-state index in [4.69, 9.17) is 0 Å². The van der Waals surface area contributed by atoms with Crippen LogP contribution in [0.25, 0.3) is 5.57 Å². The van der Waals surface area contributed by atoms with Crippen LogP contribution < -0.4 is 0 Å². The topological polar surface area (TPSA) is 37.4 Å². The predicted molar refractivity (Wildman–Crippen MR) is 105 cm³/mol.